The van der Waals surface area contributed by atoms with Crippen molar-refractivity contribution in [1.29, 1.82) is 0 Å². The highest BCUT2D eigenvalue weighted by Gasteiger charge is 2.22. The number of carbonyl (C=O) groups excluding carboxylic acids is 2. The SMILES string of the molecule is Cc1cccc(Cl)c1N(CC(=O)N(C)C)C(=O)CCl. The highest BCUT2D eigenvalue weighted by Crippen LogP contribution is 2.29. The van der Waals surface area contributed by atoms with Crippen LogP contribution in [0.5, 0.6) is 0 Å². The first kappa shape index (κ1) is 15.8. The summed E-state index contributed by atoms with van der Waals surface area (Å²) < 4.78 is 0. The van der Waals surface area contributed by atoms with E-state index in [1.807, 2.05) is 13.0 Å². The summed E-state index contributed by atoms with van der Waals surface area (Å²) in [6.45, 7) is 1.75. The third-order valence-electron chi connectivity index (χ3n) is 2.67. The van der Waals surface area contributed by atoms with Crippen LogP contribution in [-0.4, -0.2) is 43.2 Å². The van der Waals surface area contributed by atoms with Crippen molar-refractivity contribution < 1.29 is 9.59 Å². The molecule has 0 aliphatic rings. The number of aryl methyl sites for hydroxylation is 1. The molecule has 2 amide bonds. The Labute approximate surface area is 122 Å². The summed E-state index contributed by atoms with van der Waals surface area (Å²) in [7, 11) is 3.26. The summed E-state index contributed by atoms with van der Waals surface area (Å²) in [4.78, 5) is 26.5. The van der Waals surface area contributed by atoms with E-state index in [0.29, 0.717) is 10.7 Å². The minimum atomic E-state index is -0.354. The lowest BCUT2D eigenvalue weighted by atomic mass is 10.1. The molecule has 0 spiro atoms. The van der Waals surface area contributed by atoms with Gasteiger partial charge in [-0.15, -0.1) is 11.6 Å². The Morgan fingerprint density at radius 3 is 2.32 bits per heavy atom. The molecule has 0 aromatic heterocycles. The molecule has 1 rings (SSSR count). The Balaban J connectivity index is 3.17. The maximum atomic E-state index is 11.9. The summed E-state index contributed by atoms with van der Waals surface area (Å²) in [6, 6.07) is 5.30. The van der Waals surface area contributed by atoms with Gasteiger partial charge in [-0.3, -0.25) is 9.59 Å². The van der Waals surface area contributed by atoms with Gasteiger partial charge in [-0.1, -0.05) is 23.7 Å². The van der Waals surface area contributed by atoms with Crippen LogP contribution in [0.4, 0.5) is 5.69 Å². The van der Waals surface area contributed by atoms with Gasteiger partial charge in [0.1, 0.15) is 12.4 Å². The number of benzene rings is 1. The normalized spacial score (nSPS) is 10.2. The van der Waals surface area contributed by atoms with Crippen LogP contribution in [0.25, 0.3) is 0 Å². The standard InChI is InChI=1S/C13H16Cl2N2O2/c1-9-5-4-6-10(15)13(9)17(11(18)7-14)8-12(19)16(2)3/h4-6H,7-8H2,1-3H3. The van der Waals surface area contributed by atoms with Gasteiger partial charge in [0.05, 0.1) is 10.7 Å². The number of anilines is 1. The number of hydrogen-bond donors (Lipinski definition) is 0. The van der Waals surface area contributed by atoms with E-state index < -0.39 is 0 Å². The second-order valence-electron chi connectivity index (χ2n) is 4.31. The molecule has 0 saturated heterocycles. The molecule has 104 valence electrons. The lowest BCUT2D eigenvalue weighted by Crippen LogP contribution is -2.41. The molecule has 6 heteroatoms. The van der Waals surface area contributed by atoms with Crippen LogP contribution in [0.2, 0.25) is 5.02 Å². The van der Waals surface area contributed by atoms with E-state index in [1.54, 1.807) is 26.2 Å². The molecule has 1 aromatic rings. The highest BCUT2D eigenvalue weighted by atomic mass is 35.5. The first-order chi connectivity index (χ1) is 8.88. The predicted octanol–water partition coefficient (Wildman–Crippen LogP) is 2.31. The van der Waals surface area contributed by atoms with Crippen molar-refractivity contribution in [1.82, 2.24) is 4.90 Å². The van der Waals surface area contributed by atoms with E-state index in [-0.39, 0.29) is 24.2 Å². The molecule has 0 aliphatic heterocycles. The van der Waals surface area contributed by atoms with E-state index in [0.717, 1.165) is 5.56 Å². The number of rotatable bonds is 4. The van der Waals surface area contributed by atoms with E-state index in [2.05, 4.69) is 0 Å². The van der Waals surface area contributed by atoms with Crippen molar-refractivity contribution in [3.8, 4) is 0 Å². The van der Waals surface area contributed by atoms with Gasteiger partial charge in [-0.05, 0) is 18.6 Å². The first-order valence-electron chi connectivity index (χ1n) is 5.70. The Bertz CT molecular complexity index is 469. The summed E-state index contributed by atoms with van der Waals surface area (Å²) in [5.41, 5.74) is 1.35. The number of alkyl halides is 1. The predicted molar refractivity (Wildman–Crippen MR) is 78.0 cm³/mol. The molecule has 0 atom stereocenters. The molecule has 0 heterocycles. The van der Waals surface area contributed by atoms with Crippen molar-refractivity contribution in [2.24, 2.45) is 0 Å². The third-order valence-corrected chi connectivity index (χ3v) is 3.20. The third kappa shape index (κ3) is 3.85. The van der Waals surface area contributed by atoms with E-state index in [4.69, 9.17) is 23.2 Å². The van der Waals surface area contributed by atoms with Crippen LogP contribution in [0.3, 0.4) is 0 Å². The lowest BCUT2D eigenvalue weighted by Gasteiger charge is -2.25. The zero-order valence-electron chi connectivity index (χ0n) is 11.1. The van der Waals surface area contributed by atoms with Crippen molar-refractivity contribution in [2.75, 3.05) is 31.4 Å². The van der Waals surface area contributed by atoms with E-state index in [1.165, 1.54) is 9.80 Å². The number of nitrogens with zero attached hydrogens (tertiary/aromatic N) is 2. The van der Waals surface area contributed by atoms with Crippen molar-refractivity contribution in [2.45, 2.75) is 6.92 Å². The fraction of sp³-hybridized carbons (Fsp3) is 0.385. The number of likely N-dealkylation sites (N-methyl/N-ethyl adjacent to an activating group) is 1. The summed E-state index contributed by atoms with van der Waals surface area (Å²) in [6.07, 6.45) is 0. The Morgan fingerprint density at radius 2 is 1.84 bits per heavy atom. The molecular formula is C13H16Cl2N2O2. The van der Waals surface area contributed by atoms with Gasteiger partial charge in [-0.25, -0.2) is 0 Å². The zero-order chi connectivity index (χ0) is 14.6. The molecule has 4 nitrogen and oxygen atoms in total. The summed E-state index contributed by atoms with van der Waals surface area (Å²) >= 11 is 11.7. The van der Waals surface area contributed by atoms with Gasteiger partial charge in [0.15, 0.2) is 0 Å². The van der Waals surface area contributed by atoms with Crippen molar-refractivity contribution >= 4 is 40.7 Å². The molecule has 0 aliphatic carbocycles. The molecule has 0 saturated carbocycles. The first-order valence-corrected chi connectivity index (χ1v) is 6.61. The summed E-state index contributed by atoms with van der Waals surface area (Å²) in [5, 5.41) is 0.421. The number of carbonyl (C=O) groups is 2. The fourth-order valence-corrected chi connectivity index (χ4v) is 2.07. The van der Waals surface area contributed by atoms with Gasteiger partial charge in [0.25, 0.3) is 0 Å². The second kappa shape index (κ2) is 6.78. The molecule has 0 unspecified atom stereocenters. The fourth-order valence-electron chi connectivity index (χ4n) is 1.61. The number of amides is 2. The topological polar surface area (TPSA) is 40.6 Å². The number of para-hydroxylation sites is 1. The molecule has 1 aromatic carbocycles. The number of hydrogen-bond acceptors (Lipinski definition) is 2. The van der Waals surface area contributed by atoms with Crippen LogP contribution >= 0.6 is 23.2 Å². The monoisotopic (exact) mass is 302 g/mol. The maximum Gasteiger partial charge on any atom is 0.242 e. The maximum absolute atomic E-state index is 11.9. The highest BCUT2D eigenvalue weighted by molar-refractivity contribution is 6.35. The van der Waals surface area contributed by atoms with E-state index in [9.17, 15) is 9.59 Å². The van der Waals surface area contributed by atoms with E-state index >= 15 is 0 Å². The van der Waals surface area contributed by atoms with Crippen LogP contribution in [-0.2, 0) is 9.59 Å². The van der Waals surface area contributed by atoms with Gasteiger partial charge >= 0.3 is 0 Å². The summed E-state index contributed by atoms with van der Waals surface area (Å²) in [5.74, 6) is -0.753. The van der Waals surface area contributed by atoms with Gasteiger partial charge in [-0.2, -0.15) is 0 Å². The van der Waals surface area contributed by atoms with Crippen LogP contribution in [0, 0.1) is 6.92 Å². The average molecular weight is 303 g/mol. The zero-order valence-corrected chi connectivity index (χ0v) is 12.6. The Kier molecular flexibility index (Phi) is 5.63. The minimum Gasteiger partial charge on any atom is -0.347 e. The average Bonchev–Trinajstić information content (AvgIpc) is 2.35. The smallest absolute Gasteiger partial charge is 0.242 e. The molecule has 19 heavy (non-hydrogen) atoms. The van der Waals surface area contributed by atoms with Crippen LogP contribution in [0.1, 0.15) is 5.56 Å². The molecular weight excluding hydrogens is 287 g/mol. The van der Waals surface area contributed by atoms with Crippen LogP contribution in [0.15, 0.2) is 18.2 Å². The second-order valence-corrected chi connectivity index (χ2v) is 4.98. The molecule has 0 N–H and O–H groups in total. The van der Waals surface area contributed by atoms with Crippen molar-refractivity contribution in [3.05, 3.63) is 28.8 Å². The van der Waals surface area contributed by atoms with Crippen LogP contribution < -0.4 is 4.90 Å². The molecule has 0 bridgehead atoms. The van der Waals surface area contributed by atoms with Gasteiger partial charge in [0.2, 0.25) is 11.8 Å². The largest absolute Gasteiger partial charge is 0.347 e. The Hall–Kier alpha value is -1.26. The number of halogens is 2. The van der Waals surface area contributed by atoms with Crippen molar-refractivity contribution in [3.63, 3.8) is 0 Å². The quantitative estimate of drug-likeness (QED) is 0.801. The molecule has 0 radical (unpaired) electrons. The lowest BCUT2D eigenvalue weighted by molar-refractivity contribution is -0.128. The van der Waals surface area contributed by atoms with Gasteiger partial charge in [0, 0.05) is 14.1 Å². The Morgan fingerprint density at radius 1 is 1.21 bits per heavy atom. The van der Waals surface area contributed by atoms with Gasteiger partial charge < -0.3 is 9.80 Å². The molecule has 0 fully saturated rings. The minimum absolute atomic E-state index is 0.0802.